The fourth-order valence-electron chi connectivity index (χ4n) is 6.83. The van der Waals surface area contributed by atoms with E-state index in [1.807, 2.05) is 26.0 Å². The molecule has 3 aliphatic rings. The molecule has 0 spiro atoms. The number of allylic oxidation sites excluding steroid dienone is 1. The maximum atomic E-state index is 11.9. The van der Waals surface area contributed by atoms with E-state index in [1.54, 1.807) is 0 Å². The van der Waals surface area contributed by atoms with Crippen LogP contribution in [0.5, 0.6) is 0 Å². The Balaban J connectivity index is 1.34. The van der Waals surface area contributed by atoms with E-state index in [2.05, 4.69) is 112 Å². The van der Waals surface area contributed by atoms with Crippen LogP contribution in [0.2, 0.25) is 0 Å². The molecular formula is C36H49N6O+. The summed E-state index contributed by atoms with van der Waals surface area (Å²) in [5.41, 5.74) is 5.29. The van der Waals surface area contributed by atoms with Gasteiger partial charge < -0.3 is 9.80 Å². The van der Waals surface area contributed by atoms with Gasteiger partial charge in [-0.2, -0.15) is 14.8 Å². The lowest BCUT2D eigenvalue weighted by atomic mass is 9.82. The van der Waals surface area contributed by atoms with Crippen LogP contribution in [0.4, 0.5) is 17.1 Å². The number of para-hydroxylation sites is 1. The maximum absolute atomic E-state index is 11.9. The van der Waals surface area contributed by atoms with Gasteiger partial charge in [-0.25, -0.2) is 0 Å². The van der Waals surface area contributed by atoms with Crippen LogP contribution in [-0.2, 0) is 4.79 Å². The van der Waals surface area contributed by atoms with Crippen LogP contribution in [0.3, 0.4) is 0 Å². The van der Waals surface area contributed by atoms with Crippen molar-refractivity contribution >= 4 is 28.6 Å². The number of Topliss-reactive ketones (excluding diaryl/α,β-unsaturated/α-hetero) is 1. The van der Waals surface area contributed by atoms with Gasteiger partial charge in [-0.05, 0) is 62.7 Å². The molecule has 0 bridgehead atoms. The highest BCUT2D eigenvalue weighted by Crippen LogP contribution is 2.34. The lowest BCUT2D eigenvalue weighted by molar-refractivity contribution is -0.502. The number of rotatable bonds is 12. The Labute approximate surface area is 258 Å². The summed E-state index contributed by atoms with van der Waals surface area (Å²) in [6, 6.07) is 20.6. The number of carbonyl (C=O) groups is 1. The number of ketones is 1. The molecule has 1 aliphatic heterocycles. The first-order chi connectivity index (χ1) is 20.9. The number of fused-ring (bicyclic) bond motifs is 2. The number of carbonyl (C=O) groups excluding carboxylic acids is 1. The number of hydrogen-bond donors (Lipinski definition) is 1. The first kappa shape index (κ1) is 31.0. The predicted octanol–water partition coefficient (Wildman–Crippen LogP) is 7.05. The highest BCUT2D eigenvalue weighted by Gasteiger charge is 2.47. The summed E-state index contributed by atoms with van der Waals surface area (Å²) in [4.78, 5) is 16.8. The fraction of sp³-hybridized carbons (Fsp3) is 0.500. The normalized spacial score (nSPS) is 23.5. The van der Waals surface area contributed by atoms with Crippen LogP contribution < -0.4 is 10.2 Å². The highest BCUT2D eigenvalue weighted by atomic mass is 16.1. The van der Waals surface area contributed by atoms with Crippen molar-refractivity contribution in [3.63, 3.8) is 0 Å². The van der Waals surface area contributed by atoms with Crippen molar-refractivity contribution < 1.29 is 9.37 Å². The van der Waals surface area contributed by atoms with Crippen molar-refractivity contribution in [2.45, 2.75) is 84.0 Å². The summed E-state index contributed by atoms with van der Waals surface area (Å²) in [7, 11) is 2.07. The molecule has 4 atom stereocenters. The van der Waals surface area contributed by atoms with Crippen molar-refractivity contribution in [1.29, 1.82) is 0 Å². The number of anilines is 1. The lowest BCUT2D eigenvalue weighted by Crippen LogP contribution is -2.62. The second-order valence-electron chi connectivity index (χ2n) is 12.4. The van der Waals surface area contributed by atoms with E-state index in [4.69, 9.17) is 0 Å². The average molecular weight is 582 g/mol. The predicted molar refractivity (Wildman–Crippen MR) is 177 cm³/mol. The zero-order chi connectivity index (χ0) is 30.3. The Bertz CT molecular complexity index is 1360. The molecule has 43 heavy (non-hydrogen) atoms. The quantitative estimate of drug-likeness (QED) is 0.215. The second kappa shape index (κ2) is 14.4. The van der Waals surface area contributed by atoms with E-state index in [1.165, 1.54) is 24.2 Å². The Kier molecular flexibility index (Phi) is 10.4. The van der Waals surface area contributed by atoms with Crippen LogP contribution in [0.1, 0.15) is 59.8 Å². The van der Waals surface area contributed by atoms with Gasteiger partial charge in [0.15, 0.2) is 6.04 Å². The van der Waals surface area contributed by atoms with Gasteiger partial charge in [0.1, 0.15) is 11.8 Å². The van der Waals surface area contributed by atoms with E-state index in [-0.39, 0.29) is 12.0 Å². The lowest BCUT2D eigenvalue weighted by Gasteiger charge is -2.43. The molecule has 1 saturated carbocycles. The summed E-state index contributed by atoms with van der Waals surface area (Å²) in [5.74, 6) is 0.441. The molecule has 1 fully saturated rings. The smallest absolute Gasteiger partial charge is 0.205 e. The molecule has 5 rings (SSSR count). The molecule has 0 aromatic heterocycles. The Morgan fingerprint density at radius 1 is 1.02 bits per heavy atom. The van der Waals surface area contributed by atoms with Gasteiger partial charge in [0.25, 0.3) is 0 Å². The summed E-state index contributed by atoms with van der Waals surface area (Å²) in [6.45, 7) is 11.5. The molecule has 4 unspecified atom stereocenters. The van der Waals surface area contributed by atoms with E-state index < -0.39 is 0 Å². The minimum Gasteiger partial charge on any atom is -0.375 e. The van der Waals surface area contributed by atoms with Gasteiger partial charge in [0.2, 0.25) is 11.4 Å². The van der Waals surface area contributed by atoms with Crippen molar-refractivity contribution in [2.75, 3.05) is 31.6 Å². The van der Waals surface area contributed by atoms with E-state index in [0.717, 1.165) is 49.5 Å². The largest absolute Gasteiger partial charge is 0.375 e. The maximum Gasteiger partial charge on any atom is 0.205 e. The van der Waals surface area contributed by atoms with Crippen LogP contribution >= 0.6 is 0 Å². The summed E-state index contributed by atoms with van der Waals surface area (Å²) in [5, 5.41) is 13.2. The van der Waals surface area contributed by atoms with E-state index in [0.29, 0.717) is 30.3 Å². The molecule has 1 heterocycles. The van der Waals surface area contributed by atoms with Crippen molar-refractivity contribution in [1.82, 2.24) is 10.2 Å². The number of azo groups is 1. The summed E-state index contributed by atoms with van der Waals surface area (Å²) >= 11 is 0. The van der Waals surface area contributed by atoms with Gasteiger partial charge in [-0.15, -0.1) is 0 Å². The molecule has 2 aromatic rings. The Morgan fingerprint density at radius 2 is 1.77 bits per heavy atom. The molecule has 2 aliphatic carbocycles. The standard InChI is InChI=1S/C36H49N6O/c1-6-41(7-2)31-20-22-33-35(25-31)42(30-12-9-8-10-13-30)34-24-28(17-21-32(34)37-33)39-38-27-15-18-29(19-16-27)40(5)23-11-14-36(43)26(3)4/h8-10,12-13,15-19,21,24,26,31-33,35,37H,6-7,11,14,20,22-23,25H2,1-5H3/q+1. The summed E-state index contributed by atoms with van der Waals surface area (Å²) < 4.78 is 2.58. The fourth-order valence-corrected chi connectivity index (χ4v) is 6.83. The van der Waals surface area contributed by atoms with E-state index >= 15 is 0 Å². The molecule has 2 aromatic carbocycles. The first-order valence-electron chi connectivity index (χ1n) is 16.2. The molecule has 0 radical (unpaired) electrons. The second-order valence-corrected chi connectivity index (χ2v) is 12.4. The van der Waals surface area contributed by atoms with Crippen LogP contribution in [-0.4, -0.2) is 71.8 Å². The van der Waals surface area contributed by atoms with Crippen LogP contribution in [0.15, 0.2) is 88.8 Å². The minimum atomic E-state index is 0.109. The molecule has 0 saturated heterocycles. The third-order valence-electron chi connectivity index (χ3n) is 9.36. The average Bonchev–Trinajstić information content (AvgIpc) is 3.03. The Morgan fingerprint density at radius 3 is 2.47 bits per heavy atom. The molecule has 228 valence electrons. The number of nitrogens with zero attached hydrogens (tertiary/aromatic N) is 5. The number of benzene rings is 2. The van der Waals surface area contributed by atoms with Gasteiger partial charge in [0.05, 0.1) is 17.4 Å². The van der Waals surface area contributed by atoms with Gasteiger partial charge >= 0.3 is 0 Å². The third kappa shape index (κ3) is 7.39. The SMILES string of the molecule is CCN(CC)C1CCC2NC3C=CC(/N=N/c4ccc(N(C)CCCC(=O)C(C)C)cc4)=CC3=[N+](c3ccccc3)C2C1. The zero-order valence-electron chi connectivity index (χ0n) is 26.6. The molecule has 0 amide bonds. The van der Waals surface area contributed by atoms with Crippen molar-refractivity contribution in [3.05, 3.63) is 78.5 Å². The van der Waals surface area contributed by atoms with Gasteiger partial charge in [0, 0.05) is 62.3 Å². The van der Waals surface area contributed by atoms with Crippen LogP contribution in [0, 0.1) is 5.92 Å². The number of nitrogens with one attached hydrogen (secondary N) is 1. The van der Waals surface area contributed by atoms with Crippen LogP contribution in [0.25, 0.3) is 0 Å². The van der Waals surface area contributed by atoms with Gasteiger partial charge in [-0.1, -0.05) is 52.0 Å². The topological polar surface area (TPSA) is 63.3 Å². The molecule has 7 heteroatoms. The molecular weight excluding hydrogens is 532 g/mol. The molecule has 7 nitrogen and oxygen atoms in total. The number of hydrogen-bond acceptors (Lipinski definition) is 6. The summed E-state index contributed by atoms with van der Waals surface area (Å²) in [6.07, 6.45) is 11.6. The highest BCUT2D eigenvalue weighted by molar-refractivity contribution is 6.00. The van der Waals surface area contributed by atoms with Gasteiger partial charge in [-0.3, -0.25) is 10.1 Å². The monoisotopic (exact) mass is 581 g/mol. The Hall–Kier alpha value is -3.42. The van der Waals surface area contributed by atoms with E-state index in [9.17, 15) is 4.79 Å². The molecule has 1 N–H and O–H groups in total. The third-order valence-corrected chi connectivity index (χ3v) is 9.36. The first-order valence-corrected chi connectivity index (χ1v) is 16.2. The van der Waals surface area contributed by atoms with Crippen molar-refractivity contribution in [2.24, 2.45) is 16.1 Å². The minimum absolute atomic E-state index is 0.109. The zero-order valence-corrected chi connectivity index (χ0v) is 26.6. The van der Waals surface area contributed by atoms with Crippen molar-refractivity contribution in [3.8, 4) is 0 Å².